The largest absolute Gasteiger partial charge is 0.341 e. The number of piperidine rings is 1. The maximum Gasteiger partial charge on any atom is 0.273 e. The third kappa shape index (κ3) is 3.06. The highest BCUT2D eigenvalue weighted by atomic mass is 16.2. The van der Waals surface area contributed by atoms with Gasteiger partial charge in [-0.1, -0.05) is 26.0 Å². The monoisotopic (exact) mass is 315 g/mol. The van der Waals surface area contributed by atoms with Crippen molar-refractivity contribution >= 4 is 16.7 Å². The van der Waals surface area contributed by atoms with Crippen LogP contribution in [0.5, 0.6) is 0 Å². The van der Waals surface area contributed by atoms with Crippen LogP contribution in [-0.2, 0) is 11.3 Å². The number of nitrogens with one attached hydrogen (secondary N) is 1. The average Bonchev–Trinajstić information content (AvgIpc) is 2.51. The molecule has 1 aliphatic heterocycles. The van der Waals surface area contributed by atoms with Gasteiger partial charge in [0.2, 0.25) is 5.91 Å². The summed E-state index contributed by atoms with van der Waals surface area (Å²) >= 11 is 0. The fourth-order valence-electron chi connectivity index (χ4n) is 3.46. The third-order valence-electron chi connectivity index (χ3n) is 4.40. The van der Waals surface area contributed by atoms with E-state index in [2.05, 4.69) is 18.9 Å². The van der Waals surface area contributed by atoms with Gasteiger partial charge in [0.15, 0.2) is 0 Å². The molecule has 1 saturated heterocycles. The second-order valence-electron chi connectivity index (χ2n) is 6.62. The van der Waals surface area contributed by atoms with Crippen LogP contribution in [-0.4, -0.2) is 33.7 Å². The van der Waals surface area contributed by atoms with Gasteiger partial charge in [0.1, 0.15) is 6.54 Å². The van der Waals surface area contributed by atoms with E-state index < -0.39 is 0 Å². The summed E-state index contributed by atoms with van der Waals surface area (Å²) in [5.74, 6) is 0.779. The molecule has 3 rings (SSSR count). The van der Waals surface area contributed by atoms with Crippen LogP contribution in [0.1, 0.15) is 20.3 Å². The van der Waals surface area contributed by atoms with Gasteiger partial charge in [0.25, 0.3) is 11.1 Å². The van der Waals surface area contributed by atoms with Gasteiger partial charge >= 0.3 is 0 Å². The molecule has 1 fully saturated rings. The minimum atomic E-state index is -0.353. The van der Waals surface area contributed by atoms with Crippen LogP contribution >= 0.6 is 0 Å². The number of benzene rings is 1. The van der Waals surface area contributed by atoms with Crippen molar-refractivity contribution in [3.8, 4) is 0 Å². The molecule has 0 aliphatic carbocycles. The molecular formula is C17H21N3O3. The second-order valence-corrected chi connectivity index (χ2v) is 6.62. The predicted octanol–water partition coefficient (Wildman–Crippen LogP) is 1.19. The zero-order valence-corrected chi connectivity index (χ0v) is 13.4. The van der Waals surface area contributed by atoms with Crippen LogP contribution in [0.25, 0.3) is 10.8 Å². The normalized spacial score (nSPS) is 21.6. The van der Waals surface area contributed by atoms with Crippen molar-refractivity contribution in [3.05, 3.63) is 45.0 Å². The average molecular weight is 315 g/mol. The first kappa shape index (κ1) is 15.5. The molecule has 23 heavy (non-hydrogen) atoms. The van der Waals surface area contributed by atoms with Crippen LogP contribution in [0.3, 0.4) is 0 Å². The number of fused-ring (bicyclic) bond motifs is 1. The molecule has 0 bridgehead atoms. The number of nitrogens with zero attached hydrogens (tertiary/aromatic N) is 2. The topological polar surface area (TPSA) is 75.2 Å². The van der Waals surface area contributed by atoms with E-state index in [1.165, 1.54) is 0 Å². The first-order valence-corrected chi connectivity index (χ1v) is 7.95. The van der Waals surface area contributed by atoms with Gasteiger partial charge in [-0.05, 0) is 30.4 Å². The van der Waals surface area contributed by atoms with E-state index in [9.17, 15) is 14.4 Å². The van der Waals surface area contributed by atoms with Crippen LogP contribution in [0.4, 0.5) is 0 Å². The molecule has 2 unspecified atom stereocenters. The van der Waals surface area contributed by atoms with E-state index in [1.54, 1.807) is 29.2 Å². The maximum atomic E-state index is 12.5. The zero-order valence-electron chi connectivity index (χ0n) is 13.4. The van der Waals surface area contributed by atoms with E-state index in [0.717, 1.165) is 11.1 Å². The SMILES string of the molecule is CC1CC(C)CN(C(=O)Cn2[nH]c(=O)c3ccccc3c2=O)C1. The van der Waals surface area contributed by atoms with Crippen LogP contribution in [0.2, 0.25) is 0 Å². The fraction of sp³-hybridized carbons (Fsp3) is 0.471. The Bertz CT molecular complexity index is 842. The van der Waals surface area contributed by atoms with Crippen molar-refractivity contribution in [1.82, 2.24) is 14.7 Å². The Morgan fingerprint density at radius 3 is 2.39 bits per heavy atom. The minimum Gasteiger partial charge on any atom is -0.341 e. The van der Waals surface area contributed by atoms with Crippen molar-refractivity contribution < 1.29 is 4.79 Å². The molecule has 0 spiro atoms. The summed E-state index contributed by atoms with van der Waals surface area (Å²) in [6.07, 6.45) is 1.11. The lowest BCUT2D eigenvalue weighted by molar-refractivity contribution is -0.134. The van der Waals surface area contributed by atoms with Crippen molar-refractivity contribution in [2.24, 2.45) is 11.8 Å². The summed E-state index contributed by atoms with van der Waals surface area (Å²) in [7, 11) is 0. The number of hydrogen-bond donors (Lipinski definition) is 1. The Kier molecular flexibility index (Phi) is 4.07. The number of hydrogen-bond acceptors (Lipinski definition) is 3. The number of aromatic nitrogens is 2. The molecule has 1 aromatic carbocycles. The molecule has 2 heterocycles. The third-order valence-corrected chi connectivity index (χ3v) is 4.40. The summed E-state index contributed by atoms with van der Waals surface area (Å²) < 4.78 is 1.12. The minimum absolute atomic E-state index is 0.127. The molecular weight excluding hydrogens is 294 g/mol. The standard InChI is InChI=1S/C17H21N3O3/c1-11-7-12(2)9-19(8-11)15(21)10-20-17(23)14-6-4-3-5-13(14)16(22)18-20/h3-6,11-12H,7-10H2,1-2H3,(H,18,22). The summed E-state index contributed by atoms with van der Waals surface area (Å²) in [5.41, 5.74) is -0.694. The number of carbonyl (C=O) groups is 1. The predicted molar refractivity (Wildman–Crippen MR) is 88.4 cm³/mol. The quantitative estimate of drug-likeness (QED) is 0.904. The summed E-state index contributed by atoms with van der Waals surface area (Å²) in [6, 6.07) is 6.64. The van der Waals surface area contributed by atoms with Gasteiger partial charge in [-0.15, -0.1) is 0 Å². The highest BCUT2D eigenvalue weighted by Crippen LogP contribution is 2.21. The molecule has 1 amide bonds. The highest BCUT2D eigenvalue weighted by Gasteiger charge is 2.25. The smallest absolute Gasteiger partial charge is 0.273 e. The Morgan fingerprint density at radius 2 is 1.74 bits per heavy atom. The first-order valence-electron chi connectivity index (χ1n) is 7.95. The number of aromatic amines is 1. The van der Waals surface area contributed by atoms with Gasteiger partial charge < -0.3 is 4.90 Å². The van der Waals surface area contributed by atoms with Crippen molar-refractivity contribution in [3.63, 3.8) is 0 Å². The highest BCUT2D eigenvalue weighted by molar-refractivity contribution is 5.81. The molecule has 1 aromatic heterocycles. The van der Waals surface area contributed by atoms with Gasteiger partial charge in [-0.3, -0.25) is 19.5 Å². The molecule has 122 valence electrons. The van der Waals surface area contributed by atoms with Crippen LogP contribution in [0.15, 0.2) is 33.9 Å². The summed E-state index contributed by atoms with van der Waals surface area (Å²) in [6.45, 7) is 5.53. The van der Waals surface area contributed by atoms with E-state index in [1.807, 2.05) is 0 Å². The van der Waals surface area contributed by atoms with Crippen molar-refractivity contribution in [1.29, 1.82) is 0 Å². The molecule has 0 saturated carbocycles. The van der Waals surface area contributed by atoms with Crippen LogP contribution in [0, 0.1) is 11.8 Å². The Balaban J connectivity index is 1.90. The molecule has 2 atom stereocenters. The Labute approximate surface area is 133 Å². The van der Waals surface area contributed by atoms with Crippen molar-refractivity contribution in [2.75, 3.05) is 13.1 Å². The van der Waals surface area contributed by atoms with Gasteiger partial charge in [0, 0.05) is 13.1 Å². The lowest BCUT2D eigenvalue weighted by Gasteiger charge is -2.35. The number of amides is 1. The lowest BCUT2D eigenvalue weighted by atomic mass is 9.92. The van der Waals surface area contributed by atoms with Gasteiger partial charge in [0.05, 0.1) is 10.8 Å². The van der Waals surface area contributed by atoms with Gasteiger partial charge in [-0.2, -0.15) is 0 Å². The van der Waals surface area contributed by atoms with E-state index >= 15 is 0 Å². The number of carbonyl (C=O) groups excluding carboxylic acids is 1. The zero-order chi connectivity index (χ0) is 16.6. The fourth-order valence-corrected chi connectivity index (χ4v) is 3.46. The van der Waals surface area contributed by atoms with E-state index in [0.29, 0.717) is 35.7 Å². The number of likely N-dealkylation sites (tertiary alicyclic amines) is 1. The molecule has 2 aromatic rings. The molecule has 6 nitrogen and oxygen atoms in total. The van der Waals surface area contributed by atoms with Crippen LogP contribution < -0.4 is 11.1 Å². The van der Waals surface area contributed by atoms with E-state index in [4.69, 9.17) is 0 Å². The summed E-state index contributed by atoms with van der Waals surface area (Å²) in [5, 5.41) is 3.20. The van der Waals surface area contributed by atoms with Gasteiger partial charge in [-0.25, -0.2) is 4.68 Å². The first-order chi connectivity index (χ1) is 11.0. The molecule has 0 radical (unpaired) electrons. The number of rotatable bonds is 2. The molecule has 6 heteroatoms. The number of H-pyrrole nitrogens is 1. The second kappa shape index (κ2) is 6.02. The lowest BCUT2D eigenvalue weighted by Crippen LogP contribution is -2.45. The van der Waals surface area contributed by atoms with Crippen molar-refractivity contribution in [2.45, 2.75) is 26.8 Å². The Morgan fingerprint density at radius 1 is 1.13 bits per heavy atom. The molecule has 1 aliphatic rings. The molecule has 1 N–H and O–H groups in total. The van der Waals surface area contributed by atoms with E-state index in [-0.39, 0.29) is 23.6 Å². The Hall–Kier alpha value is -2.37. The summed E-state index contributed by atoms with van der Waals surface area (Å²) in [4.78, 5) is 38.8. The maximum absolute atomic E-state index is 12.5.